The molecule has 0 aromatic heterocycles. The molecule has 0 unspecified atom stereocenters. The molecule has 28 heavy (non-hydrogen) atoms. The maximum atomic E-state index is 13.9. The second kappa shape index (κ2) is 9.82. The van der Waals surface area contributed by atoms with Gasteiger partial charge in [0.05, 0.1) is 11.7 Å². The first-order chi connectivity index (χ1) is 13.5. The van der Waals surface area contributed by atoms with Gasteiger partial charge in [-0.1, -0.05) is 54.1 Å². The number of halogens is 2. The van der Waals surface area contributed by atoms with E-state index in [0.717, 1.165) is 32.7 Å². The molecule has 0 spiro atoms. The Bertz CT molecular complexity index is 820. The first-order valence-corrected chi connectivity index (χ1v) is 9.84. The molecule has 0 bridgehead atoms. The van der Waals surface area contributed by atoms with Crippen LogP contribution in [0.1, 0.15) is 12.5 Å². The number of amides is 1. The molecular formula is C22H25ClFN3O. The lowest BCUT2D eigenvalue weighted by Gasteiger charge is -2.37. The van der Waals surface area contributed by atoms with Crippen LogP contribution >= 0.6 is 11.6 Å². The molecule has 6 heteroatoms. The normalized spacial score (nSPS) is 17.0. The first kappa shape index (κ1) is 20.5. The Hall–Kier alpha value is -2.21. The quantitative estimate of drug-likeness (QED) is 0.790. The van der Waals surface area contributed by atoms with E-state index >= 15 is 0 Å². The molecular weight excluding hydrogens is 377 g/mol. The second-order valence-corrected chi connectivity index (χ2v) is 7.38. The lowest BCUT2D eigenvalue weighted by atomic mass is 10.2. The highest BCUT2D eigenvalue weighted by Crippen LogP contribution is 2.19. The minimum absolute atomic E-state index is 0.158. The van der Waals surface area contributed by atoms with Gasteiger partial charge in [-0.2, -0.15) is 0 Å². The fourth-order valence-electron chi connectivity index (χ4n) is 3.23. The van der Waals surface area contributed by atoms with Crippen LogP contribution in [0.3, 0.4) is 0 Å². The summed E-state index contributed by atoms with van der Waals surface area (Å²) in [4.78, 5) is 17.0. The number of rotatable bonds is 6. The molecule has 2 aromatic rings. The minimum atomic E-state index is -0.525. The monoisotopic (exact) mass is 401 g/mol. The van der Waals surface area contributed by atoms with Crippen molar-refractivity contribution < 1.29 is 9.18 Å². The maximum Gasteiger partial charge on any atom is 0.241 e. The molecule has 148 valence electrons. The van der Waals surface area contributed by atoms with Crippen LogP contribution in [-0.4, -0.2) is 54.5 Å². The van der Waals surface area contributed by atoms with Gasteiger partial charge in [0.15, 0.2) is 0 Å². The van der Waals surface area contributed by atoms with E-state index in [2.05, 4.69) is 39.4 Å². The Balaban J connectivity index is 1.46. The zero-order valence-electron chi connectivity index (χ0n) is 15.9. The molecule has 1 N–H and O–H groups in total. The Morgan fingerprint density at radius 3 is 2.57 bits per heavy atom. The predicted molar refractivity (Wildman–Crippen MR) is 113 cm³/mol. The number of benzene rings is 2. The zero-order valence-corrected chi connectivity index (χ0v) is 16.7. The van der Waals surface area contributed by atoms with E-state index in [1.54, 1.807) is 6.07 Å². The fraction of sp³-hybridized carbons (Fsp3) is 0.318. The summed E-state index contributed by atoms with van der Waals surface area (Å²) in [6.07, 6.45) is 4.30. The van der Waals surface area contributed by atoms with Crippen LogP contribution in [0.15, 0.2) is 54.6 Å². The van der Waals surface area contributed by atoms with Gasteiger partial charge < -0.3 is 5.32 Å². The highest BCUT2D eigenvalue weighted by molar-refractivity contribution is 6.30. The summed E-state index contributed by atoms with van der Waals surface area (Å²) in [7, 11) is 0. The van der Waals surface area contributed by atoms with Gasteiger partial charge in [0.25, 0.3) is 0 Å². The molecule has 0 aliphatic carbocycles. The summed E-state index contributed by atoms with van der Waals surface area (Å²) in [6, 6.07) is 14.2. The Kier molecular flexibility index (Phi) is 7.20. The number of nitrogens with one attached hydrogen (secondary N) is 1. The van der Waals surface area contributed by atoms with E-state index < -0.39 is 5.82 Å². The van der Waals surface area contributed by atoms with Crippen LogP contribution in [0, 0.1) is 5.82 Å². The molecule has 2 aromatic carbocycles. The molecule has 0 radical (unpaired) electrons. The van der Waals surface area contributed by atoms with E-state index in [0.29, 0.717) is 5.02 Å². The van der Waals surface area contributed by atoms with E-state index in [9.17, 15) is 9.18 Å². The average molecular weight is 402 g/mol. The number of carbonyl (C=O) groups is 1. The molecule has 4 nitrogen and oxygen atoms in total. The van der Waals surface area contributed by atoms with Gasteiger partial charge in [0.2, 0.25) is 5.91 Å². The summed E-state index contributed by atoms with van der Waals surface area (Å²) < 4.78 is 13.9. The first-order valence-electron chi connectivity index (χ1n) is 9.47. The van der Waals surface area contributed by atoms with Gasteiger partial charge in [0.1, 0.15) is 5.82 Å². The second-order valence-electron chi connectivity index (χ2n) is 6.94. The number of hydrogen-bond donors (Lipinski definition) is 1. The molecule has 1 saturated heterocycles. The van der Waals surface area contributed by atoms with Gasteiger partial charge in [-0.05, 0) is 30.7 Å². The minimum Gasteiger partial charge on any atom is -0.322 e. The van der Waals surface area contributed by atoms with E-state index in [4.69, 9.17) is 11.6 Å². The van der Waals surface area contributed by atoms with Crippen molar-refractivity contribution in [2.75, 3.05) is 38.0 Å². The maximum absolute atomic E-state index is 13.9. The Labute approximate surface area is 170 Å². The van der Waals surface area contributed by atoms with Gasteiger partial charge >= 0.3 is 0 Å². The predicted octanol–water partition coefficient (Wildman–Crippen LogP) is 4.14. The number of carbonyl (C=O) groups excluding carboxylic acids is 1. The van der Waals surface area contributed by atoms with Gasteiger partial charge in [-0.15, -0.1) is 0 Å². The topological polar surface area (TPSA) is 35.6 Å². The highest BCUT2D eigenvalue weighted by atomic mass is 35.5. The number of nitrogens with zero attached hydrogens (tertiary/aromatic N) is 2. The average Bonchev–Trinajstić information content (AvgIpc) is 2.71. The lowest BCUT2D eigenvalue weighted by molar-refractivity contribution is -0.121. The van der Waals surface area contributed by atoms with Crippen LogP contribution in [0.4, 0.5) is 10.1 Å². The van der Waals surface area contributed by atoms with Crippen molar-refractivity contribution in [3.05, 3.63) is 71.0 Å². The Morgan fingerprint density at radius 1 is 1.18 bits per heavy atom. The summed E-state index contributed by atoms with van der Waals surface area (Å²) >= 11 is 5.75. The molecule has 1 aliphatic rings. The fourth-order valence-corrected chi connectivity index (χ4v) is 3.39. The third-order valence-electron chi connectivity index (χ3n) is 5.00. The lowest BCUT2D eigenvalue weighted by Crippen LogP contribution is -2.52. The van der Waals surface area contributed by atoms with Crippen LogP contribution in [0.2, 0.25) is 5.02 Å². The van der Waals surface area contributed by atoms with Crippen molar-refractivity contribution in [1.82, 2.24) is 9.80 Å². The number of anilines is 1. The highest BCUT2D eigenvalue weighted by Gasteiger charge is 2.25. The van der Waals surface area contributed by atoms with Crippen molar-refractivity contribution >= 4 is 29.3 Å². The van der Waals surface area contributed by atoms with Crippen molar-refractivity contribution in [2.24, 2.45) is 0 Å². The molecule has 1 heterocycles. The molecule has 3 rings (SSSR count). The third-order valence-corrected chi connectivity index (χ3v) is 5.23. The summed E-state index contributed by atoms with van der Waals surface area (Å²) in [5.74, 6) is -0.735. The van der Waals surface area contributed by atoms with Crippen LogP contribution in [0.5, 0.6) is 0 Å². The smallest absolute Gasteiger partial charge is 0.241 e. The standard InChI is InChI=1S/C22H25ClFN3O/c1-17(22(28)25-21-10-9-19(23)16-20(21)24)27-14-12-26(13-15-27)11-5-8-18-6-3-2-4-7-18/h2-10,16-17H,11-15H2,1H3,(H,25,28)/b8-5+/t17-/m1/s1. The molecule has 0 saturated carbocycles. The van der Waals surface area contributed by atoms with E-state index in [1.807, 2.05) is 25.1 Å². The van der Waals surface area contributed by atoms with Crippen LogP contribution in [-0.2, 0) is 4.79 Å². The van der Waals surface area contributed by atoms with Crippen LogP contribution in [0.25, 0.3) is 6.08 Å². The summed E-state index contributed by atoms with van der Waals surface area (Å²) in [6.45, 7) is 6.14. The largest absolute Gasteiger partial charge is 0.322 e. The van der Waals surface area contributed by atoms with Crippen LogP contribution < -0.4 is 5.32 Å². The van der Waals surface area contributed by atoms with Gasteiger partial charge in [-0.3, -0.25) is 14.6 Å². The summed E-state index contributed by atoms with van der Waals surface area (Å²) in [5, 5.41) is 2.97. The number of piperazine rings is 1. The summed E-state index contributed by atoms with van der Waals surface area (Å²) in [5.41, 5.74) is 1.35. The van der Waals surface area contributed by atoms with Crippen molar-refractivity contribution in [1.29, 1.82) is 0 Å². The zero-order chi connectivity index (χ0) is 19.9. The SMILES string of the molecule is C[C@H](C(=O)Nc1ccc(Cl)cc1F)N1CCN(C/C=C/c2ccccc2)CC1. The molecule has 1 amide bonds. The molecule has 1 fully saturated rings. The van der Waals surface area contributed by atoms with Crippen molar-refractivity contribution in [2.45, 2.75) is 13.0 Å². The Morgan fingerprint density at radius 2 is 1.89 bits per heavy atom. The van der Waals surface area contributed by atoms with Crippen molar-refractivity contribution in [3.8, 4) is 0 Å². The van der Waals surface area contributed by atoms with Crippen molar-refractivity contribution in [3.63, 3.8) is 0 Å². The number of hydrogen-bond acceptors (Lipinski definition) is 3. The molecule has 1 aliphatic heterocycles. The third kappa shape index (κ3) is 5.64. The van der Waals surface area contributed by atoms with Gasteiger partial charge in [0, 0.05) is 37.7 Å². The van der Waals surface area contributed by atoms with Gasteiger partial charge in [-0.25, -0.2) is 4.39 Å². The molecule has 1 atom stereocenters. The van der Waals surface area contributed by atoms with E-state index in [-0.39, 0.29) is 17.6 Å². The van der Waals surface area contributed by atoms with E-state index in [1.165, 1.54) is 17.7 Å².